The number of rotatable bonds is 4. The third-order valence-corrected chi connectivity index (χ3v) is 4.63. The molecule has 0 spiro atoms. The molecule has 1 aromatic carbocycles. The molecule has 1 aliphatic carbocycles. The molecular formula is C16H24N2O. The van der Waals surface area contributed by atoms with Crippen LogP contribution in [0.15, 0.2) is 24.3 Å². The van der Waals surface area contributed by atoms with Crippen molar-refractivity contribution in [3.05, 3.63) is 24.3 Å². The van der Waals surface area contributed by atoms with Crippen molar-refractivity contribution < 1.29 is 4.74 Å². The van der Waals surface area contributed by atoms with E-state index < -0.39 is 0 Å². The summed E-state index contributed by atoms with van der Waals surface area (Å²) in [6.07, 6.45) is 7.08. The Labute approximate surface area is 115 Å². The Morgan fingerprint density at radius 1 is 1.21 bits per heavy atom. The lowest BCUT2D eigenvalue weighted by Gasteiger charge is -2.31. The van der Waals surface area contributed by atoms with Gasteiger partial charge in [0.25, 0.3) is 0 Å². The quantitative estimate of drug-likeness (QED) is 0.846. The largest absolute Gasteiger partial charge is 0.492 e. The highest BCUT2D eigenvalue weighted by Crippen LogP contribution is 2.35. The lowest BCUT2D eigenvalue weighted by Crippen LogP contribution is -2.37. The van der Waals surface area contributed by atoms with E-state index in [4.69, 9.17) is 10.5 Å². The minimum Gasteiger partial charge on any atom is -0.492 e. The third kappa shape index (κ3) is 3.03. The summed E-state index contributed by atoms with van der Waals surface area (Å²) in [4.78, 5) is 2.64. The molecule has 3 heteroatoms. The molecule has 19 heavy (non-hydrogen) atoms. The van der Waals surface area contributed by atoms with Gasteiger partial charge in [-0.2, -0.15) is 0 Å². The molecule has 1 heterocycles. The average Bonchev–Trinajstić information content (AvgIpc) is 2.83. The molecule has 1 aliphatic heterocycles. The molecule has 104 valence electrons. The van der Waals surface area contributed by atoms with Crippen LogP contribution in [0.1, 0.15) is 32.1 Å². The molecular weight excluding hydrogens is 236 g/mol. The maximum atomic E-state index is 5.81. The number of nitrogens with zero attached hydrogens (tertiary/aromatic N) is 1. The molecule has 0 bridgehead atoms. The molecule has 1 saturated carbocycles. The van der Waals surface area contributed by atoms with Crippen molar-refractivity contribution in [1.82, 2.24) is 4.90 Å². The molecule has 3 nitrogen and oxygen atoms in total. The fraction of sp³-hybridized carbons (Fsp3) is 0.625. The van der Waals surface area contributed by atoms with Crippen LogP contribution in [-0.4, -0.2) is 30.6 Å². The van der Waals surface area contributed by atoms with Gasteiger partial charge in [0, 0.05) is 24.3 Å². The monoisotopic (exact) mass is 260 g/mol. The van der Waals surface area contributed by atoms with Gasteiger partial charge in [-0.1, -0.05) is 18.9 Å². The van der Waals surface area contributed by atoms with E-state index in [1.54, 1.807) is 0 Å². The minimum atomic E-state index is 0.769. The summed E-state index contributed by atoms with van der Waals surface area (Å²) in [5, 5.41) is 0. The summed E-state index contributed by atoms with van der Waals surface area (Å²) in [6, 6.07) is 8.53. The smallest absolute Gasteiger partial charge is 0.121 e. The van der Waals surface area contributed by atoms with E-state index in [1.807, 2.05) is 24.3 Å². The van der Waals surface area contributed by atoms with Crippen LogP contribution in [0, 0.1) is 5.92 Å². The highest BCUT2D eigenvalue weighted by Gasteiger charge is 2.35. The molecule has 0 radical (unpaired) electrons. The molecule has 0 amide bonds. The maximum absolute atomic E-state index is 5.81. The van der Waals surface area contributed by atoms with E-state index in [0.717, 1.165) is 36.5 Å². The van der Waals surface area contributed by atoms with Gasteiger partial charge in [-0.05, 0) is 43.9 Å². The summed E-state index contributed by atoms with van der Waals surface area (Å²) in [7, 11) is 0. The van der Waals surface area contributed by atoms with E-state index in [-0.39, 0.29) is 0 Å². The second kappa shape index (κ2) is 5.83. The first-order valence-electron chi connectivity index (χ1n) is 7.55. The fourth-order valence-electron chi connectivity index (χ4n) is 3.67. The maximum Gasteiger partial charge on any atom is 0.121 e. The van der Waals surface area contributed by atoms with E-state index in [2.05, 4.69) is 4.90 Å². The Balaban J connectivity index is 1.47. The molecule has 2 unspecified atom stereocenters. The first-order chi connectivity index (χ1) is 9.33. The Bertz CT molecular complexity index is 421. The zero-order valence-corrected chi connectivity index (χ0v) is 11.6. The topological polar surface area (TPSA) is 38.5 Å². The number of ether oxygens (including phenoxy) is 1. The first kappa shape index (κ1) is 12.8. The fourth-order valence-corrected chi connectivity index (χ4v) is 3.67. The Morgan fingerprint density at radius 2 is 2.11 bits per heavy atom. The number of likely N-dealkylation sites (tertiary alicyclic amines) is 1. The first-order valence-corrected chi connectivity index (χ1v) is 7.55. The molecule has 2 fully saturated rings. The summed E-state index contributed by atoms with van der Waals surface area (Å²) in [5.74, 6) is 1.85. The van der Waals surface area contributed by atoms with Crippen LogP contribution < -0.4 is 10.5 Å². The van der Waals surface area contributed by atoms with Crippen LogP contribution >= 0.6 is 0 Å². The molecule has 2 aliphatic rings. The number of nitrogen functional groups attached to an aromatic ring is 1. The minimum absolute atomic E-state index is 0.769. The standard InChI is InChI=1S/C16H24N2O/c17-14-5-3-6-15(12-14)19-11-10-18-9-8-13-4-1-2-7-16(13)18/h3,5-6,12-13,16H,1-2,4,7-11,17H2. The number of anilines is 1. The van der Waals surface area contributed by atoms with Crippen molar-refractivity contribution in [2.45, 2.75) is 38.1 Å². The van der Waals surface area contributed by atoms with Gasteiger partial charge in [0.1, 0.15) is 12.4 Å². The van der Waals surface area contributed by atoms with Crippen LogP contribution in [0.25, 0.3) is 0 Å². The Morgan fingerprint density at radius 3 is 3.00 bits per heavy atom. The lowest BCUT2D eigenvalue weighted by atomic mass is 9.85. The van der Waals surface area contributed by atoms with Crippen LogP contribution in [-0.2, 0) is 0 Å². The Kier molecular flexibility index (Phi) is 3.92. The van der Waals surface area contributed by atoms with Gasteiger partial charge < -0.3 is 10.5 Å². The second-order valence-electron chi connectivity index (χ2n) is 5.86. The Hall–Kier alpha value is -1.22. The summed E-state index contributed by atoms with van der Waals surface area (Å²) >= 11 is 0. The van der Waals surface area contributed by atoms with Gasteiger partial charge in [0.05, 0.1) is 0 Å². The van der Waals surface area contributed by atoms with Crippen molar-refractivity contribution in [1.29, 1.82) is 0 Å². The van der Waals surface area contributed by atoms with Crippen LogP contribution in [0.4, 0.5) is 5.69 Å². The van der Waals surface area contributed by atoms with Crippen molar-refractivity contribution in [2.24, 2.45) is 5.92 Å². The molecule has 2 N–H and O–H groups in total. The second-order valence-corrected chi connectivity index (χ2v) is 5.86. The van der Waals surface area contributed by atoms with Crippen molar-refractivity contribution in [3.8, 4) is 5.75 Å². The zero-order chi connectivity index (χ0) is 13.1. The van der Waals surface area contributed by atoms with Gasteiger partial charge >= 0.3 is 0 Å². The van der Waals surface area contributed by atoms with Crippen molar-refractivity contribution in [2.75, 3.05) is 25.4 Å². The van der Waals surface area contributed by atoms with Crippen LogP contribution in [0.2, 0.25) is 0 Å². The zero-order valence-electron chi connectivity index (χ0n) is 11.6. The number of hydrogen-bond donors (Lipinski definition) is 1. The van der Waals surface area contributed by atoms with E-state index in [9.17, 15) is 0 Å². The van der Waals surface area contributed by atoms with Crippen LogP contribution in [0.5, 0.6) is 5.75 Å². The number of benzene rings is 1. The molecule has 1 aromatic rings. The van der Waals surface area contributed by atoms with E-state index in [1.165, 1.54) is 38.6 Å². The normalized spacial score (nSPS) is 27.2. The van der Waals surface area contributed by atoms with Crippen LogP contribution in [0.3, 0.4) is 0 Å². The summed E-state index contributed by atoms with van der Waals surface area (Å²) < 4.78 is 5.81. The number of fused-ring (bicyclic) bond motifs is 1. The summed E-state index contributed by atoms with van der Waals surface area (Å²) in [5.41, 5.74) is 6.52. The lowest BCUT2D eigenvalue weighted by molar-refractivity contribution is 0.154. The molecule has 3 rings (SSSR count). The van der Waals surface area contributed by atoms with Gasteiger partial charge in [0.15, 0.2) is 0 Å². The third-order valence-electron chi connectivity index (χ3n) is 4.63. The highest BCUT2D eigenvalue weighted by atomic mass is 16.5. The predicted molar refractivity (Wildman–Crippen MR) is 78.3 cm³/mol. The van der Waals surface area contributed by atoms with Gasteiger partial charge in [0.2, 0.25) is 0 Å². The average molecular weight is 260 g/mol. The summed E-state index contributed by atoms with van der Waals surface area (Å²) in [6.45, 7) is 3.08. The highest BCUT2D eigenvalue weighted by molar-refractivity contribution is 5.43. The van der Waals surface area contributed by atoms with Gasteiger partial charge in [-0.3, -0.25) is 4.90 Å². The van der Waals surface area contributed by atoms with E-state index >= 15 is 0 Å². The van der Waals surface area contributed by atoms with Crippen molar-refractivity contribution >= 4 is 5.69 Å². The molecule has 0 aromatic heterocycles. The van der Waals surface area contributed by atoms with Gasteiger partial charge in [-0.15, -0.1) is 0 Å². The van der Waals surface area contributed by atoms with Gasteiger partial charge in [-0.25, -0.2) is 0 Å². The van der Waals surface area contributed by atoms with Crippen molar-refractivity contribution in [3.63, 3.8) is 0 Å². The predicted octanol–water partition coefficient (Wildman–Crippen LogP) is 2.91. The molecule has 2 atom stereocenters. The SMILES string of the molecule is Nc1cccc(OCCN2CCC3CCCCC32)c1. The molecule has 1 saturated heterocycles. The number of hydrogen-bond acceptors (Lipinski definition) is 3. The van der Waals surface area contributed by atoms with E-state index in [0.29, 0.717) is 0 Å². The number of nitrogens with two attached hydrogens (primary N) is 1.